The third-order valence-electron chi connectivity index (χ3n) is 1.67. The quantitative estimate of drug-likeness (QED) is 0.625. The summed E-state index contributed by atoms with van der Waals surface area (Å²) in [5.74, 6) is 0.221. The largest absolute Gasteiger partial charge is 0.468 e. The molecule has 17 heavy (non-hydrogen) atoms. The number of ether oxygens (including phenoxy) is 1. The Morgan fingerprint density at radius 1 is 1.47 bits per heavy atom. The van der Waals surface area contributed by atoms with Gasteiger partial charge in [-0.05, 0) is 18.0 Å². The molecule has 0 radical (unpaired) electrons. The molecule has 0 atom stereocenters. The zero-order valence-electron chi connectivity index (χ0n) is 9.57. The lowest BCUT2D eigenvalue weighted by atomic mass is 10.5. The highest BCUT2D eigenvalue weighted by Crippen LogP contribution is 2.16. The van der Waals surface area contributed by atoms with Crippen LogP contribution in [0.1, 0.15) is 13.3 Å². The molecule has 0 fully saturated rings. The van der Waals surface area contributed by atoms with Gasteiger partial charge in [-0.1, -0.05) is 18.7 Å². The number of aromatic nitrogens is 3. The first-order valence-electron chi connectivity index (χ1n) is 5.00. The Hall–Kier alpha value is -1.08. The highest BCUT2D eigenvalue weighted by Gasteiger charge is 2.08. The number of nitrogens with one attached hydrogen (secondary N) is 1. The van der Waals surface area contributed by atoms with Crippen molar-refractivity contribution in [3.8, 4) is 0 Å². The van der Waals surface area contributed by atoms with Gasteiger partial charge >= 0.3 is 5.97 Å². The third kappa shape index (κ3) is 5.18. The van der Waals surface area contributed by atoms with Crippen molar-refractivity contribution in [1.82, 2.24) is 15.0 Å². The average Bonchev–Trinajstić information content (AvgIpc) is 2.32. The number of carbonyl (C=O) groups excluding carboxylic acids is 1. The number of hydrogen-bond donors (Lipinski definition) is 1. The predicted octanol–water partition coefficient (Wildman–Crippen LogP) is 1.61. The minimum absolute atomic E-state index is 0.103. The third-order valence-corrected chi connectivity index (χ3v) is 2.66. The molecule has 0 saturated heterocycles. The molecule has 0 aliphatic rings. The monoisotopic (exact) mass is 276 g/mol. The molecule has 1 aromatic rings. The molecule has 1 heterocycles. The van der Waals surface area contributed by atoms with Gasteiger partial charge in [-0.25, -0.2) is 0 Å². The molecule has 0 amide bonds. The number of methoxy groups -OCH3 is 1. The van der Waals surface area contributed by atoms with Crippen LogP contribution in [0.25, 0.3) is 0 Å². The van der Waals surface area contributed by atoms with Crippen LogP contribution in [0.4, 0.5) is 5.95 Å². The Labute approximate surface area is 109 Å². The second-order valence-corrected chi connectivity index (χ2v) is 4.28. The van der Waals surface area contributed by atoms with Crippen molar-refractivity contribution in [2.45, 2.75) is 18.5 Å². The molecule has 0 aromatic carbocycles. The summed E-state index contributed by atoms with van der Waals surface area (Å²) in [5, 5.41) is 3.50. The van der Waals surface area contributed by atoms with E-state index in [0.29, 0.717) is 11.1 Å². The van der Waals surface area contributed by atoms with E-state index in [9.17, 15) is 4.79 Å². The Morgan fingerprint density at radius 2 is 2.24 bits per heavy atom. The number of anilines is 1. The van der Waals surface area contributed by atoms with Crippen LogP contribution in [0.15, 0.2) is 5.16 Å². The number of rotatable bonds is 6. The van der Waals surface area contributed by atoms with Crippen LogP contribution >= 0.6 is 23.4 Å². The van der Waals surface area contributed by atoms with Crippen LogP contribution < -0.4 is 5.32 Å². The van der Waals surface area contributed by atoms with E-state index in [2.05, 4.69) is 25.0 Å². The van der Waals surface area contributed by atoms with Gasteiger partial charge in [0.2, 0.25) is 11.2 Å². The highest BCUT2D eigenvalue weighted by atomic mass is 35.5. The van der Waals surface area contributed by atoms with E-state index in [0.717, 1.165) is 24.7 Å². The molecule has 6 nitrogen and oxygen atoms in total. The van der Waals surface area contributed by atoms with Crippen LogP contribution in [0.2, 0.25) is 5.28 Å². The first-order chi connectivity index (χ1) is 8.15. The number of hydrogen-bond acceptors (Lipinski definition) is 7. The Balaban J connectivity index is 2.65. The van der Waals surface area contributed by atoms with Gasteiger partial charge in [0.1, 0.15) is 0 Å². The summed E-state index contributed by atoms with van der Waals surface area (Å²) in [6, 6.07) is 0. The molecule has 1 aromatic heterocycles. The molecule has 1 N–H and O–H groups in total. The average molecular weight is 277 g/mol. The van der Waals surface area contributed by atoms with E-state index in [4.69, 9.17) is 11.6 Å². The summed E-state index contributed by atoms with van der Waals surface area (Å²) < 4.78 is 4.52. The topological polar surface area (TPSA) is 77.0 Å². The van der Waals surface area contributed by atoms with Gasteiger partial charge in [0.25, 0.3) is 0 Å². The number of halogens is 1. The van der Waals surface area contributed by atoms with Gasteiger partial charge in [-0.3, -0.25) is 4.79 Å². The molecule has 0 spiro atoms. The lowest BCUT2D eigenvalue weighted by Gasteiger charge is -2.04. The normalized spacial score (nSPS) is 10.1. The Kier molecular flexibility index (Phi) is 5.99. The summed E-state index contributed by atoms with van der Waals surface area (Å²) in [5.41, 5.74) is 0. The minimum atomic E-state index is -0.338. The fraction of sp³-hybridized carbons (Fsp3) is 0.556. The van der Waals surface area contributed by atoms with Gasteiger partial charge in [-0.2, -0.15) is 15.0 Å². The molecule has 0 unspecified atom stereocenters. The zero-order valence-corrected chi connectivity index (χ0v) is 11.1. The van der Waals surface area contributed by atoms with Gasteiger partial charge in [-0.15, -0.1) is 0 Å². The van der Waals surface area contributed by atoms with Crippen LogP contribution in [0.3, 0.4) is 0 Å². The highest BCUT2D eigenvalue weighted by molar-refractivity contribution is 7.99. The maximum Gasteiger partial charge on any atom is 0.316 e. The van der Waals surface area contributed by atoms with Crippen LogP contribution in [0.5, 0.6) is 0 Å². The molecule has 8 heteroatoms. The standard InChI is InChI=1S/C9H13ClN4O2S/c1-3-4-11-8-12-7(10)13-9(14-8)17-5-6(15)16-2/h3-5H2,1-2H3,(H,11,12,13,14). The summed E-state index contributed by atoms with van der Waals surface area (Å²) in [4.78, 5) is 22.9. The zero-order chi connectivity index (χ0) is 12.7. The molecular formula is C9H13ClN4O2S. The molecule has 1 rings (SSSR count). The first kappa shape index (κ1) is 14.0. The predicted molar refractivity (Wildman–Crippen MR) is 66.4 cm³/mol. The van der Waals surface area contributed by atoms with Crippen molar-refractivity contribution in [2.75, 3.05) is 24.7 Å². The molecule has 0 saturated carbocycles. The van der Waals surface area contributed by atoms with Gasteiger partial charge in [0.05, 0.1) is 12.9 Å². The molecule has 0 aliphatic carbocycles. The second-order valence-electron chi connectivity index (χ2n) is 3.00. The molecular weight excluding hydrogens is 264 g/mol. The molecule has 0 bridgehead atoms. The van der Waals surface area contributed by atoms with Gasteiger partial charge < -0.3 is 10.1 Å². The van der Waals surface area contributed by atoms with Gasteiger partial charge in [0.15, 0.2) is 5.16 Å². The SMILES string of the molecule is CCCNc1nc(Cl)nc(SCC(=O)OC)n1. The van der Waals surface area contributed by atoms with Crippen molar-refractivity contribution in [3.63, 3.8) is 0 Å². The number of carbonyl (C=O) groups is 1. The van der Waals surface area contributed by atoms with Crippen molar-refractivity contribution >= 4 is 35.3 Å². The number of thioether (sulfide) groups is 1. The maximum absolute atomic E-state index is 11.0. The molecule has 94 valence electrons. The lowest BCUT2D eigenvalue weighted by molar-refractivity contribution is -0.137. The van der Waals surface area contributed by atoms with Crippen molar-refractivity contribution < 1.29 is 9.53 Å². The van der Waals surface area contributed by atoms with E-state index in [1.54, 1.807) is 0 Å². The first-order valence-corrected chi connectivity index (χ1v) is 6.37. The fourth-order valence-corrected chi connectivity index (χ4v) is 1.77. The van der Waals surface area contributed by atoms with Crippen LogP contribution in [-0.4, -0.2) is 40.3 Å². The van der Waals surface area contributed by atoms with Gasteiger partial charge in [0, 0.05) is 6.54 Å². The van der Waals surface area contributed by atoms with E-state index >= 15 is 0 Å². The minimum Gasteiger partial charge on any atom is -0.468 e. The van der Waals surface area contributed by atoms with E-state index < -0.39 is 0 Å². The smallest absolute Gasteiger partial charge is 0.316 e. The summed E-state index contributed by atoms with van der Waals surface area (Å²) in [6.45, 7) is 2.78. The number of nitrogens with zero attached hydrogens (tertiary/aromatic N) is 3. The molecule has 0 aliphatic heterocycles. The Morgan fingerprint density at radius 3 is 2.88 bits per heavy atom. The van der Waals surface area contributed by atoms with E-state index in [-0.39, 0.29) is 17.0 Å². The summed E-state index contributed by atoms with van der Waals surface area (Å²) in [7, 11) is 1.33. The van der Waals surface area contributed by atoms with Crippen molar-refractivity contribution in [2.24, 2.45) is 0 Å². The fourth-order valence-electron chi connectivity index (χ4n) is 0.895. The summed E-state index contributed by atoms with van der Waals surface area (Å²) >= 11 is 6.90. The number of esters is 1. The van der Waals surface area contributed by atoms with E-state index in [1.807, 2.05) is 6.92 Å². The maximum atomic E-state index is 11.0. The van der Waals surface area contributed by atoms with E-state index in [1.165, 1.54) is 7.11 Å². The van der Waals surface area contributed by atoms with Crippen LogP contribution in [-0.2, 0) is 9.53 Å². The van der Waals surface area contributed by atoms with Crippen molar-refractivity contribution in [1.29, 1.82) is 0 Å². The summed E-state index contributed by atoms with van der Waals surface area (Å²) in [6.07, 6.45) is 0.952. The second kappa shape index (κ2) is 7.29. The van der Waals surface area contributed by atoms with Crippen LogP contribution in [0, 0.1) is 0 Å². The van der Waals surface area contributed by atoms with Crippen molar-refractivity contribution in [3.05, 3.63) is 5.28 Å². The Bertz CT molecular complexity index is 391. The lowest BCUT2D eigenvalue weighted by Crippen LogP contribution is -2.08.